The topological polar surface area (TPSA) is 29.5 Å². The van der Waals surface area contributed by atoms with Crippen molar-refractivity contribution in [3.63, 3.8) is 0 Å². The van der Waals surface area contributed by atoms with Gasteiger partial charge in [-0.15, -0.1) is 0 Å². The fourth-order valence-corrected chi connectivity index (χ4v) is 2.57. The van der Waals surface area contributed by atoms with E-state index in [9.17, 15) is 4.79 Å². The van der Waals surface area contributed by atoms with Gasteiger partial charge in [0.2, 0.25) is 0 Å². The van der Waals surface area contributed by atoms with Crippen molar-refractivity contribution in [3.05, 3.63) is 0 Å². The standard InChI is InChI=1S/C10H17NO2/c1-10-6-4-3-5-8(10)13-9(12)11(2)7-10/h8H,3-7H2,1-2H3. The summed E-state index contributed by atoms with van der Waals surface area (Å²) in [6.45, 7) is 3.09. The first-order chi connectivity index (χ1) is 6.12. The Morgan fingerprint density at radius 3 is 3.08 bits per heavy atom. The summed E-state index contributed by atoms with van der Waals surface area (Å²) >= 11 is 0. The van der Waals surface area contributed by atoms with Gasteiger partial charge in [0.15, 0.2) is 0 Å². The molecule has 3 nitrogen and oxygen atoms in total. The summed E-state index contributed by atoms with van der Waals surface area (Å²) in [6, 6.07) is 0. The Morgan fingerprint density at radius 2 is 2.31 bits per heavy atom. The molecular weight excluding hydrogens is 166 g/mol. The molecule has 13 heavy (non-hydrogen) atoms. The summed E-state index contributed by atoms with van der Waals surface area (Å²) in [5.74, 6) is 0. The van der Waals surface area contributed by atoms with Crippen LogP contribution in [0.2, 0.25) is 0 Å². The van der Waals surface area contributed by atoms with Gasteiger partial charge in [0.1, 0.15) is 6.10 Å². The summed E-state index contributed by atoms with van der Waals surface area (Å²) < 4.78 is 5.39. The number of hydrogen-bond acceptors (Lipinski definition) is 2. The van der Waals surface area contributed by atoms with Gasteiger partial charge < -0.3 is 9.64 Å². The number of amides is 1. The van der Waals surface area contributed by atoms with Gasteiger partial charge >= 0.3 is 6.09 Å². The van der Waals surface area contributed by atoms with Crippen LogP contribution in [0.3, 0.4) is 0 Å². The molecule has 0 radical (unpaired) electrons. The molecule has 1 aliphatic heterocycles. The minimum absolute atomic E-state index is 0.149. The van der Waals surface area contributed by atoms with E-state index < -0.39 is 0 Å². The van der Waals surface area contributed by atoms with Gasteiger partial charge in [-0.25, -0.2) is 4.79 Å². The van der Waals surface area contributed by atoms with Gasteiger partial charge in [-0.1, -0.05) is 13.3 Å². The minimum atomic E-state index is -0.149. The second kappa shape index (κ2) is 2.89. The van der Waals surface area contributed by atoms with Crippen molar-refractivity contribution >= 4 is 6.09 Å². The minimum Gasteiger partial charge on any atom is -0.445 e. The molecule has 0 aromatic rings. The Hall–Kier alpha value is -0.730. The lowest BCUT2D eigenvalue weighted by Gasteiger charge is -2.46. The van der Waals surface area contributed by atoms with Crippen molar-refractivity contribution in [2.75, 3.05) is 13.6 Å². The van der Waals surface area contributed by atoms with E-state index in [2.05, 4.69) is 6.92 Å². The van der Waals surface area contributed by atoms with Crippen molar-refractivity contribution in [1.29, 1.82) is 0 Å². The zero-order chi connectivity index (χ0) is 9.47. The number of carbonyl (C=O) groups is 1. The van der Waals surface area contributed by atoms with Crippen LogP contribution >= 0.6 is 0 Å². The molecule has 1 saturated carbocycles. The third kappa shape index (κ3) is 1.40. The Balaban J connectivity index is 2.15. The highest BCUT2D eigenvalue weighted by Gasteiger charge is 2.44. The first-order valence-electron chi connectivity index (χ1n) is 5.04. The van der Waals surface area contributed by atoms with E-state index in [0.29, 0.717) is 0 Å². The van der Waals surface area contributed by atoms with Crippen LogP contribution in [0.4, 0.5) is 4.79 Å². The monoisotopic (exact) mass is 183 g/mol. The van der Waals surface area contributed by atoms with Crippen molar-refractivity contribution in [2.24, 2.45) is 5.41 Å². The van der Waals surface area contributed by atoms with Gasteiger partial charge in [0.05, 0.1) is 0 Å². The van der Waals surface area contributed by atoms with Crippen LogP contribution in [0.15, 0.2) is 0 Å². The molecule has 2 atom stereocenters. The molecule has 0 N–H and O–H groups in total. The number of fused-ring (bicyclic) bond motifs is 1. The fraction of sp³-hybridized carbons (Fsp3) is 0.900. The van der Waals surface area contributed by atoms with Crippen molar-refractivity contribution in [3.8, 4) is 0 Å². The second-order valence-corrected chi connectivity index (χ2v) is 4.63. The number of rotatable bonds is 0. The molecule has 2 unspecified atom stereocenters. The molecule has 1 heterocycles. The third-order valence-electron chi connectivity index (χ3n) is 3.39. The maximum Gasteiger partial charge on any atom is 0.409 e. The van der Waals surface area contributed by atoms with E-state index in [1.165, 1.54) is 19.3 Å². The largest absolute Gasteiger partial charge is 0.445 e. The Kier molecular flexibility index (Phi) is 1.97. The summed E-state index contributed by atoms with van der Waals surface area (Å²) in [6.07, 6.45) is 4.75. The molecule has 2 fully saturated rings. The summed E-state index contributed by atoms with van der Waals surface area (Å²) in [5.41, 5.74) is 0.209. The molecular formula is C10H17NO2. The smallest absolute Gasteiger partial charge is 0.409 e. The second-order valence-electron chi connectivity index (χ2n) is 4.63. The summed E-state index contributed by atoms with van der Waals surface area (Å²) in [4.78, 5) is 13.0. The van der Waals surface area contributed by atoms with Gasteiger partial charge in [-0.05, 0) is 19.3 Å². The number of nitrogens with zero attached hydrogens (tertiary/aromatic N) is 1. The molecule has 0 aromatic heterocycles. The van der Waals surface area contributed by atoms with E-state index >= 15 is 0 Å². The Morgan fingerprint density at radius 1 is 1.54 bits per heavy atom. The molecule has 74 valence electrons. The van der Waals surface area contributed by atoms with E-state index in [1.54, 1.807) is 4.90 Å². The fourth-order valence-electron chi connectivity index (χ4n) is 2.57. The van der Waals surface area contributed by atoms with Crippen LogP contribution in [0.1, 0.15) is 32.6 Å². The average Bonchev–Trinajstić information content (AvgIpc) is 2.07. The molecule has 1 amide bonds. The number of ether oxygens (including phenoxy) is 1. The molecule has 0 aromatic carbocycles. The molecule has 0 spiro atoms. The molecule has 2 aliphatic rings. The highest BCUT2D eigenvalue weighted by Crippen LogP contribution is 2.41. The van der Waals surface area contributed by atoms with E-state index in [-0.39, 0.29) is 17.6 Å². The molecule has 1 saturated heterocycles. The molecule has 3 heteroatoms. The quantitative estimate of drug-likeness (QED) is 0.575. The highest BCUT2D eigenvalue weighted by molar-refractivity contribution is 5.68. The predicted molar refractivity (Wildman–Crippen MR) is 49.5 cm³/mol. The maximum atomic E-state index is 11.3. The predicted octanol–water partition coefficient (Wildman–Crippen LogP) is 2.02. The lowest BCUT2D eigenvalue weighted by atomic mass is 9.72. The van der Waals surface area contributed by atoms with Crippen molar-refractivity contribution < 1.29 is 9.53 Å². The van der Waals surface area contributed by atoms with Gasteiger partial charge in [0.25, 0.3) is 0 Å². The highest BCUT2D eigenvalue weighted by atomic mass is 16.6. The lowest BCUT2D eigenvalue weighted by Crippen LogP contribution is -2.53. The Bertz CT molecular complexity index is 229. The molecule has 1 aliphatic carbocycles. The van der Waals surface area contributed by atoms with Gasteiger partial charge in [-0.3, -0.25) is 0 Å². The maximum absolute atomic E-state index is 11.3. The van der Waals surface area contributed by atoms with E-state index in [0.717, 1.165) is 13.0 Å². The molecule has 0 bridgehead atoms. The normalized spacial score (nSPS) is 39.7. The van der Waals surface area contributed by atoms with Crippen molar-refractivity contribution in [2.45, 2.75) is 38.7 Å². The van der Waals surface area contributed by atoms with Gasteiger partial charge in [-0.2, -0.15) is 0 Å². The first-order valence-corrected chi connectivity index (χ1v) is 5.04. The zero-order valence-corrected chi connectivity index (χ0v) is 8.38. The SMILES string of the molecule is CN1CC2(C)CCCCC2OC1=O. The number of carbonyl (C=O) groups excluding carboxylic acids is 1. The van der Waals surface area contributed by atoms with Crippen LogP contribution in [0.5, 0.6) is 0 Å². The van der Waals surface area contributed by atoms with E-state index in [4.69, 9.17) is 4.74 Å². The average molecular weight is 183 g/mol. The van der Waals surface area contributed by atoms with Crippen LogP contribution in [-0.4, -0.2) is 30.7 Å². The Labute approximate surface area is 79.0 Å². The summed E-state index contributed by atoms with van der Waals surface area (Å²) in [5, 5.41) is 0. The lowest BCUT2D eigenvalue weighted by molar-refractivity contribution is -0.0735. The van der Waals surface area contributed by atoms with Crippen LogP contribution < -0.4 is 0 Å². The van der Waals surface area contributed by atoms with Crippen molar-refractivity contribution in [1.82, 2.24) is 4.90 Å². The summed E-state index contributed by atoms with van der Waals surface area (Å²) in [7, 11) is 1.82. The van der Waals surface area contributed by atoms with Crippen LogP contribution in [0.25, 0.3) is 0 Å². The zero-order valence-electron chi connectivity index (χ0n) is 8.38. The number of hydrogen-bond donors (Lipinski definition) is 0. The first kappa shape index (κ1) is 8.85. The molecule has 2 rings (SSSR count). The van der Waals surface area contributed by atoms with Crippen LogP contribution in [0, 0.1) is 5.41 Å². The van der Waals surface area contributed by atoms with E-state index in [1.807, 2.05) is 7.05 Å². The van der Waals surface area contributed by atoms with Gasteiger partial charge in [0, 0.05) is 19.0 Å². The third-order valence-corrected chi connectivity index (χ3v) is 3.39. The van der Waals surface area contributed by atoms with Crippen LogP contribution in [-0.2, 0) is 4.74 Å².